The van der Waals surface area contributed by atoms with Crippen molar-refractivity contribution in [3.63, 3.8) is 0 Å². The predicted molar refractivity (Wildman–Crippen MR) is 158 cm³/mol. The van der Waals surface area contributed by atoms with Crippen LogP contribution in [0.1, 0.15) is 45.5 Å². The van der Waals surface area contributed by atoms with Gasteiger partial charge < -0.3 is 10.1 Å². The van der Waals surface area contributed by atoms with Crippen LogP contribution in [-0.2, 0) is 21.9 Å². The Morgan fingerprint density at radius 1 is 0.955 bits per heavy atom. The van der Waals surface area contributed by atoms with Gasteiger partial charge in [-0.1, -0.05) is 48.5 Å². The van der Waals surface area contributed by atoms with Gasteiger partial charge in [0.2, 0.25) is 11.8 Å². The van der Waals surface area contributed by atoms with Crippen LogP contribution in [-0.4, -0.2) is 43.1 Å². The van der Waals surface area contributed by atoms with E-state index in [1.807, 2.05) is 32.0 Å². The number of aryl methyl sites for hydroxylation is 2. The molecular formula is C32H29F3N4O4S. The van der Waals surface area contributed by atoms with Crippen molar-refractivity contribution in [1.29, 1.82) is 0 Å². The first-order valence-electron chi connectivity index (χ1n) is 14.0. The number of hydrogen-bond acceptors (Lipinski definition) is 6. The fraction of sp³-hybridized carbons (Fsp3) is 0.281. The Bertz CT molecular complexity index is 1840. The molecule has 1 amide bonds. The van der Waals surface area contributed by atoms with Crippen molar-refractivity contribution in [2.45, 2.75) is 55.7 Å². The van der Waals surface area contributed by atoms with Gasteiger partial charge in [-0.15, -0.1) is 0 Å². The molecule has 2 aliphatic rings. The average molecular weight is 623 g/mol. The number of anilines is 1. The predicted octanol–water partition coefficient (Wildman–Crippen LogP) is 5.89. The first-order chi connectivity index (χ1) is 20.8. The van der Waals surface area contributed by atoms with Gasteiger partial charge in [0.25, 0.3) is 15.9 Å². The van der Waals surface area contributed by atoms with Crippen molar-refractivity contribution in [3.05, 3.63) is 101 Å². The number of sulfonamides is 1. The largest absolute Gasteiger partial charge is 0.472 e. The molecule has 8 nitrogen and oxygen atoms in total. The van der Waals surface area contributed by atoms with Crippen LogP contribution in [0.25, 0.3) is 11.3 Å². The number of carbonyl (C=O) groups is 1. The molecule has 228 valence electrons. The zero-order valence-electron chi connectivity index (χ0n) is 23.9. The molecule has 12 heteroatoms. The highest BCUT2D eigenvalue weighted by Gasteiger charge is 2.64. The fourth-order valence-electron chi connectivity index (χ4n) is 5.58. The van der Waals surface area contributed by atoms with Crippen molar-refractivity contribution < 1.29 is 31.1 Å². The lowest BCUT2D eigenvalue weighted by Crippen LogP contribution is -2.37. The van der Waals surface area contributed by atoms with Crippen LogP contribution in [0.15, 0.2) is 77.7 Å². The highest BCUT2D eigenvalue weighted by atomic mass is 32.2. The molecule has 1 saturated carbocycles. The summed E-state index contributed by atoms with van der Waals surface area (Å²) in [6.07, 6.45) is -4.67. The van der Waals surface area contributed by atoms with E-state index in [0.717, 1.165) is 16.7 Å². The molecule has 3 aromatic carbocycles. The standard InChI is InChI=1S/C32H29F3N4O4S/c1-19-5-3-6-20(2)28(19)26-17-27-38-30(37-26)39-44(41,42)25-8-4-7-22(16-25)29(40)36-18-24(43-27)15-21-9-11-23(12-10-21)31(13-14-31)32(33,34)35/h3-12,16-17,24H,13-15,18H2,1-2H3,(H,36,40)(H,37,38,39). The van der Waals surface area contributed by atoms with Gasteiger partial charge in [-0.3, -0.25) is 4.79 Å². The van der Waals surface area contributed by atoms with E-state index in [9.17, 15) is 26.4 Å². The van der Waals surface area contributed by atoms with E-state index < -0.39 is 33.6 Å². The van der Waals surface area contributed by atoms with E-state index in [0.29, 0.717) is 11.3 Å². The third-order valence-electron chi connectivity index (χ3n) is 8.11. The van der Waals surface area contributed by atoms with Crippen LogP contribution in [0.2, 0.25) is 0 Å². The molecular weight excluding hydrogens is 593 g/mol. The number of alkyl halides is 3. The maximum atomic E-state index is 13.7. The topological polar surface area (TPSA) is 110 Å². The second kappa shape index (κ2) is 10.9. The number of nitrogens with zero attached hydrogens (tertiary/aromatic N) is 2. The number of benzene rings is 3. The third kappa shape index (κ3) is 5.73. The molecule has 0 spiro atoms. The molecule has 1 unspecified atom stereocenters. The number of aromatic nitrogens is 2. The van der Waals surface area contributed by atoms with Crippen LogP contribution in [0.5, 0.6) is 5.88 Å². The Kier molecular flexibility index (Phi) is 7.35. The van der Waals surface area contributed by atoms with Crippen LogP contribution < -0.4 is 14.8 Å². The van der Waals surface area contributed by atoms with Crippen LogP contribution in [0.4, 0.5) is 19.1 Å². The summed E-state index contributed by atoms with van der Waals surface area (Å²) < 4.78 is 76.2. The Hall–Kier alpha value is -4.45. The van der Waals surface area contributed by atoms with Crippen molar-refractivity contribution in [2.75, 3.05) is 11.3 Å². The van der Waals surface area contributed by atoms with E-state index in [4.69, 9.17) is 4.74 Å². The Balaban J connectivity index is 1.39. The molecule has 1 aliphatic heterocycles. The summed E-state index contributed by atoms with van der Waals surface area (Å²) in [6, 6.07) is 19.2. The summed E-state index contributed by atoms with van der Waals surface area (Å²) in [7, 11) is -4.18. The molecule has 1 aromatic heterocycles. The minimum atomic E-state index is -4.31. The van der Waals surface area contributed by atoms with Crippen molar-refractivity contribution in [1.82, 2.24) is 15.3 Å². The Labute approximate surface area is 252 Å². The van der Waals surface area contributed by atoms with E-state index in [1.165, 1.54) is 36.4 Å². The molecule has 1 aliphatic carbocycles. The molecule has 1 fully saturated rings. The van der Waals surface area contributed by atoms with Crippen LogP contribution in [0.3, 0.4) is 0 Å². The number of nitrogens with one attached hydrogen (secondary N) is 2. The lowest BCUT2D eigenvalue weighted by molar-refractivity contribution is -0.160. The van der Waals surface area contributed by atoms with Crippen molar-refractivity contribution >= 4 is 21.9 Å². The Morgan fingerprint density at radius 3 is 2.30 bits per heavy atom. The van der Waals surface area contributed by atoms with Gasteiger partial charge in [0.15, 0.2) is 0 Å². The van der Waals surface area contributed by atoms with Crippen LogP contribution in [0, 0.1) is 13.8 Å². The zero-order chi connectivity index (χ0) is 31.3. The van der Waals surface area contributed by atoms with Gasteiger partial charge in [-0.2, -0.15) is 18.2 Å². The van der Waals surface area contributed by atoms with E-state index >= 15 is 0 Å². The summed E-state index contributed by atoms with van der Waals surface area (Å²) in [5, 5.41) is 2.79. The number of carbonyl (C=O) groups excluding carboxylic acids is 1. The number of fused-ring (bicyclic) bond motifs is 4. The summed E-state index contributed by atoms with van der Waals surface area (Å²) >= 11 is 0. The molecule has 0 radical (unpaired) electrons. The van der Waals surface area contributed by atoms with Gasteiger partial charge in [0.1, 0.15) is 6.10 Å². The first-order valence-corrected chi connectivity index (χ1v) is 15.5. The monoisotopic (exact) mass is 622 g/mol. The van der Waals surface area contributed by atoms with Crippen molar-refractivity contribution in [3.8, 4) is 17.1 Å². The van der Waals surface area contributed by atoms with Crippen LogP contribution >= 0.6 is 0 Å². The number of ether oxygens (including phenoxy) is 1. The quantitative estimate of drug-likeness (QED) is 0.294. The second-order valence-corrected chi connectivity index (χ2v) is 12.9. The first kappa shape index (κ1) is 29.6. The highest BCUT2D eigenvalue weighted by molar-refractivity contribution is 7.92. The molecule has 4 bridgehead atoms. The highest BCUT2D eigenvalue weighted by Crippen LogP contribution is 2.58. The van der Waals surface area contributed by atoms with E-state index in [1.54, 1.807) is 18.2 Å². The molecule has 2 N–H and O–H groups in total. The number of rotatable bonds is 4. The van der Waals surface area contributed by atoms with Gasteiger partial charge in [-0.05, 0) is 67.1 Å². The maximum Gasteiger partial charge on any atom is 0.398 e. The molecule has 6 rings (SSSR count). The molecule has 4 aromatic rings. The number of hydrogen-bond donors (Lipinski definition) is 2. The molecule has 0 saturated heterocycles. The number of halogens is 3. The lowest BCUT2D eigenvalue weighted by Gasteiger charge is -2.22. The maximum absolute atomic E-state index is 13.7. The van der Waals surface area contributed by atoms with Gasteiger partial charge in [-0.25, -0.2) is 18.1 Å². The lowest BCUT2D eigenvalue weighted by atomic mass is 9.93. The van der Waals surface area contributed by atoms with Crippen molar-refractivity contribution in [2.24, 2.45) is 0 Å². The van der Waals surface area contributed by atoms with Gasteiger partial charge >= 0.3 is 6.18 Å². The van der Waals surface area contributed by atoms with Gasteiger partial charge in [0, 0.05) is 23.6 Å². The van der Waals surface area contributed by atoms with Gasteiger partial charge in [0.05, 0.1) is 22.5 Å². The summed E-state index contributed by atoms with van der Waals surface area (Å²) in [5.41, 5.74) is 2.29. The third-order valence-corrected chi connectivity index (χ3v) is 9.44. The SMILES string of the molecule is Cc1cccc(C)c1-c1cc2nc(n1)NS(=O)(=O)c1cccc(c1)C(=O)NCC(Cc1ccc(C3(C(F)(F)F)CC3)cc1)O2. The molecule has 44 heavy (non-hydrogen) atoms. The molecule has 2 heterocycles. The minimum absolute atomic E-state index is 0.00947. The second-order valence-electron chi connectivity index (χ2n) is 11.2. The Morgan fingerprint density at radius 2 is 1.64 bits per heavy atom. The molecule has 1 atom stereocenters. The number of amides is 1. The fourth-order valence-corrected chi connectivity index (χ4v) is 6.57. The smallest absolute Gasteiger partial charge is 0.398 e. The summed E-state index contributed by atoms with van der Waals surface area (Å²) in [6.45, 7) is 3.83. The average Bonchev–Trinajstić information content (AvgIpc) is 3.78. The summed E-state index contributed by atoms with van der Waals surface area (Å²) in [4.78, 5) is 21.7. The van der Waals surface area contributed by atoms with E-state index in [-0.39, 0.29) is 53.7 Å². The zero-order valence-corrected chi connectivity index (χ0v) is 24.7. The summed E-state index contributed by atoms with van der Waals surface area (Å²) in [5.74, 6) is -0.666. The normalized spacial score (nSPS) is 18.8. The minimum Gasteiger partial charge on any atom is -0.472 e. The van der Waals surface area contributed by atoms with E-state index in [2.05, 4.69) is 20.0 Å².